The van der Waals surface area contributed by atoms with Crippen molar-refractivity contribution in [3.8, 4) is 0 Å². The van der Waals surface area contributed by atoms with Crippen molar-refractivity contribution >= 4 is 28.8 Å². The van der Waals surface area contributed by atoms with E-state index in [0.717, 1.165) is 17.9 Å². The molecule has 0 unspecified atom stereocenters. The second-order valence-corrected chi connectivity index (χ2v) is 4.98. The first kappa shape index (κ1) is 12.4. The summed E-state index contributed by atoms with van der Waals surface area (Å²) in [4.78, 5) is 6.26. The fourth-order valence-electron chi connectivity index (χ4n) is 1.57. The number of aliphatic hydroxyl groups is 1. The molecule has 17 heavy (non-hydrogen) atoms. The van der Waals surface area contributed by atoms with Gasteiger partial charge in [-0.1, -0.05) is 11.6 Å². The minimum Gasteiger partial charge on any atom is -0.392 e. The Labute approximate surface area is 109 Å². The Hall–Kier alpha value is -1.10. The van der Waals surface area contributed by atoms with Crippen LogP contribution in [0.4, 0.5) is 5.82 Å². The van der Waals surface area contributed by atoms with E-state index in [2.05, 4.69) is 16.4 Å². The molecule has 2 heterocycles. The molecule has 0 aliphatic heterocycles. The Morgan fingerprint density at radius 1 is 1.47 bits per heavy atom. The Morgan fingerprint density at radius 2 is 2.29 bits per heavy atom. The smallest absolute Gasteiger partial charge is 0.147 e. The van der Waals surface area contributed by atoms with E-state index >= 15 is 0 Å². The van der Waals surface area contributed by atoms with Gasteiger partial charge in [0.1, 0.15) is 5.82 Å². The van der Waals surface area contributed by atoms with Gasteiger partial charge in [0.2, 0.25) is 0 Å². The maximum absolute atomic E-state index is 8.99. The zero-order valence-corrected chi connectivity index (χ0v) is 11.0. The van der Waals surface area contributed by atoms with Crippen LogP contribution in [0.2, 0.25) is 5.02 Å². The lowest BCUT2D eigenvalue weighted by atomic mass is 10.3. The highest BCUT2D eigenvalue weighted by atomic mass is 35.5. The molecule has 0 aliphatic rings. The highest BCUT2D eigenvalue weighted by molar-refractivity contribution is 7.07. The van der Waals surface area contributed by atoms with Gasteiger partial charge in [0.05, 0.1) is 11.6 Å². The maximum Gasteiger partial charge on any atom is 0.147 e. The number of hydrogen-bond acceptors (Lipinski definition) is 4. The van der Waals surface area contributed by atoms with Crippen LogP contribution in [0.5, 0.6) is 0 Å². The van der Waals surface area contributed by atoms with Crippen LogP contribution < -0.4 is 4.90 Å². The van der Waals surface area contributed by atoms with Gasteiger partial charge in [-0.25, -0.2) is 4.98 Å². The number of rotatable bonds is 4. The van der Waals surface area contributed by atoms with E-state index in [1.54, 1.807) is 23.6 Å². The summed E-state index contributed by atoms with van der Waals surface area (Å²) in [6.07, 6.45) is 1.64. The monoisotopic (exact) mass is 268 g/mol. The van der Waals surface area contributed by atoms with Crippen molar-refractivity contribution in [3.05, 3.63) is 45.2 Å². The molecule has 90 valence electrons. The Bertz CT molecular complexity index is 487. The van der Waals surface area contributed by atoms with Gasteiger partial charge in [0.25, 0.3) is 0 Å². The van der Waals surface area contributed by atoms with Gasteiger partial charge >= 0.3 is 0 Å². The summed E-state index contributed by atoms with van der Waals surface area (Å²) >= 11 is 7.80. The number of aromatic nitrogens is 1. The lowest BCUT2D eigenvalue weighted by Crippen LogP contribution is -2.17. The average molecular weight is 269 g/mol. The molecule has 0 saturated carbocycles. The van der Waals surface area contributed by atoms with Gasteiger partial charge in [0, 0.05) is 19.8 Å². The summed E-state index contributed by atoms with van der Waals surface area (Å²) in [5.41, 5.74) is 1.96. The first-order valence-corrected chi connectivity index (χ1v) is 6.50. The molecule has 3 nitrogen and oxygen atoms in total. The molecule has 0 amide bonds. The van der Waals surface area contributed by atoms with Crippen LogP contribution in [0, 0.1) is 0 Å². The summed E-state index contributed by atoms with van der Waals surface area (Å²) in [7, 11) is 1.95. The summed E-state index contributed by atoms with van der Waals surface area (Å²) in [5.74, 6) is 0.732. The molecule has 2 rings (SSSR count). The Morgan fingerprint density at radius 3 is 2.88 bits per heavy atom. The van der Waals surface area contributed by atoms with Crippen LogP contribution in [0.1, 0.15) is 11.1 Å². The first-order valence-electron chi connectivity index (χ1n) is 5.18. The van der Waals surface area contributed by atoms with Gasteiger partial charge in [-0.15, -0.1) is 0 Å². The zero-order valence-electron chi connectivity index (χ0n) is 9.43. The third-order valence-corrected chi connectivity index (χ3v) is 3.43. The van der Waals surface area contributed by atoms with Crippen molar-refractivity contribution in [1.29, 1.82) is 0 Å². The average Bonchev–Trinajstić information content (AvgIpc) is 2.81. The molecule has 2 aromatic heterocycles. The highest BCUT2D eigenvalue weighted by Crippen LogP contribution is 2.24. The largest absolute Gasteiger partial charge is 0.392 e. The predicted molar refractivity (Wildman–Crippen MR) is 71.6 cm³/mol. The molecular formula is C12H13ClN2OS. The molecule has 5 heteroatoms. The van der Waals surface area contributed by atoms with Crippen molar-refractivity contribution in [2.75, 3.05) is 11.9 Å². The van der Waals surface area contributed by atoms with Gasteiger partial charge in [0.15, 0.2) is 0 Å². The quantitative estimate of drug-likeness (QED) is 0.926. The number of nitrogens with zero attached hydrogens (tertiary/aromatic N) is 2. The number of anilines is 1. The molecule has 0 aromatic carbocycles. The Balaban J connectivity index is 2.16. The van der Waals surface area contributed by atoms with Gasteiger partial charge in [-0.3, -0.25) is 0 Å². The van der Waals surface area contributed by atoms with Crippen LogP contribution in [0.25, 0.3) is 0 Å². The van der Waals surface area contributed by atoms with E-state index in [1.165, 1.54) is 5.56 Å². The van der Waals surface area contributed by atoms with Crippen molar-refractivity contribution in [3.63, 3.8) is 0 Å². The second kappa shape index (κ2) is 5.49. The molecular weight excluding hydrogens is 256 g/mol. The van der Waals surface area contributed by atoms with Crippen molar-refractivity contribution < 1.29 is 5.11 Å². The molecule has 0 fully saturated rings. The summed E-state index contributed by atoms with van der Waals surface area (Å²) in [6, 6.07) is 3.82. The highest BCUT2D eigenvalue weighted by Gasteiger charge is 2.09. The molecule has 0 bridgehead atoms. The summed E-state index contributed by atoms with van der Waals surface area (Å²) in [6.45, 7) is 0.732. The molecule has 0 radical (unpaired) electrons. The fraction of sp³-hybridized carbons (Fsp3) is 0.250. The topological polar surface area (TPSA) is 36.4 Å². The van der Waals surface area contributed by atoms with Crippen LogP contribution in [-0.2, 0) is 13.2 Å². The maximum atomic E-state index is 8.99. The van der Waals surface area contributed by atoms with Crippen LogP contribution >= 0.6 is 22.9 Å². The van der Waals surface area contributed by atoms with Crippen LogP contribution in [0.15, 0.2) is 29.1 Å². The van der Waals surface area contributed by atoms with E-state index in [0.29, 0.717) is 5.02 Å². The standard InChI is InChI=1S/C12H13ClN2OS/c1-15(6-9-2-3-17-8-9)12-11(13)4-10(7-16)5-14-12/h2-5,8,16H,6-7H2,1H3. The number of aliphatic hydroxyl groups excluding tert-OH is 1. The van der Waals surface area contributed by atoms with Crippen molar-refractivity contribution in [1.82, 2.24) is 4.98 Å². The first-order chi connectivity index (χ1) is 8.20. The number of thiophene rings is 1. The van der Waals surface area contributed by atoms with E-state index in [-0.39, 0.29) is 6.61 Å². The minimum absolute atomic E-state index is 0.0404. The molecule has 0 saturated heterocycles. The van der Waals surface area contributed by atoms with E-state index in [9.17, 15) is 0 Å². The number of pyridine rings is 1. The normalized spacial score (nSPS) is 10.5. The van der Waals surface area contributed by atoms with Gasteiger partial charge in [-0.05, 0) is 34.0 Å². The predicted octanol–water partition coefficient (Wildman–Crippen LogP) is 2.93. The third kappa shape index (κ3) is 2.97. The minimum atomic E-state index is -0.0404. The number of halogens is 1. The molecule has 0 spiro atoms. The Kier molecular flexibility index (Phi) is 3.99. The third-order valence-electron chi connectivity index (χ3n) is 2.42. The SMILES string of the molecule is CN(Cc1ccsc1)c1ncc(CO)cc1Cl. The lowest BCUT2D eigenvalue weighted by Gasteiger charge is -2.19. The summed E-state index contributed by atoms with van der Waals surface area (Å²) in [5, 5.41) is 13.7. The molecule has 0 aliphatic carbocycles. The van der Waals surface area contributed by atoms with Crippen LogP contribution in [-0.4, -0.2) is 17.1 Å². The van der Waals surface area contributed by atoms with Crippen molar-refractivity contribution in [2.24, 2.45) is 0 Å². The van der Waals surface area contributed by atoms with E-state index < -0.39 is 0 Å². The van der Waals surface area contributed by atoms with E-state index in [1.807, 2.05) is 17.3 Å². The zero-order chi connectivity index (χ0) is 12.3. The fourth-order valence-corrected chi connectivity index (χ4v) is 2.56. The van der Waals surface area contributed by atoms with E-state index in [4.69, 9.17) is 16.7 Å². The van der Waals surface area contributed by atoms with Gasteiger partial charge in [-0.2, -0.15) is 11.3 Å². The molecule has 2 aromatic rings. The van der Waals surface area contributed by atoms with Crippen LogP contribution in [0.3, 0.4) is 0 Å². The second-order valence-electron chi connectivity index (χ2n) is 3.79. The number of hydrogen-bond donors (Lipinski definition) is 1. The summed E-state index contributed by atoms with van der Waals surface area (Å²) < 4.78 is 0. The lowest BCUT2D eigenvalue weighted by molar-refractivity contribution is 0.281. The van der Waals surface area contributed by atoms with Crippen molar-refractivity contribution in [2.45, 2.75) is 13.2 Å². The molecule has 0 atom stereocenters. The van der Waals surface area contributed by atoms with Gasteiger partial charge < -0.3 is 10.0 Å². The molecule has 1 N–H and O–H groups in total.